The molecule has 3 nitrogen and oxygen atoms in total. The van der Waals surface area contributed by atoms with Crippen molar-refractivity contribution in [3.8, 4) is 11.1 Å². The molecule has 1 fully saturated rings. The lowest BCUT2D eigenvalue weighted by Gasteiger charge is -2.03. The van der Waals surface area contributed by atoms with E-state index in [-0.39, 0.29) is 12.4 Å². The molecule has 1 heterocycles. The van der Waals surface area contributed by atoms with Crippen LogP contribution in [0.3, 0.4) is 0 Å². The quantitative estimate of drug-likeness (QED) is 0.897. The molecule has 0 bridgehead atoms. The van der Waals surface area contributed by atoms with E-state index in [0.717, 1.165) is 23.6 Å². The number of aliphatic hydroxyl groups excluding tert-OH is 1. The maximum atomic E-state index is 13.8. The zero-order chi connectivity index (χ0) is 13.2. The highest BCUT2D eigenvalue weighted by atomic mass is 19.1. The third-order valence-corrected chi connectivity index (χ3v) is 3.54. The molecule has 1 aliphatic carbocycles. The van der Waals surface area contributed by atoms with Gasteiger partial charge in [0, 0.05) is 24.9 Å². The lowest BCUT2D eigenvalue weighted by molar-refractivity contribution is 0.297. The molecule has 3 rings (SSSR count). The van der Waals surface area contributed by atoms with Gasteiger partial charge in [-0.3, -0.25) is 4.68 Å². The standard InChI is InChI=1S/C15H17FN2O/c16-15-7-13(4-3-12(15)5-6-19)14-8-17-18(10-14)9-11-1-2-11/h3-4,7-8,10-11,19H,1-2,5-6,9H2. The van der Waals surface area contributed by atoms with Crippen LogP contribution in [-0.2, 0) is 13.0 Å². The van der Waals surface area contributed by atoms with Crippen LogP contribution >= 0.6 is 0 Å². The lowest BCUT2D eigenvalue weighted by Crippen LogP contribution is -1.99. The Balaban J connectivity index is 1.80. The molecule has 0 saturated heterocycles. The normalized spacial score (nSPS) is 14.8. The predicted octanol–water partition coefficient (Wildman–Crippen LogP) is 2.63. The van der Waals surface area contributed by atoms with Crippen LogP contribution in [0.1, 0.15) is 18.4 Å². The van der Waals surface area contributed by atoms with E-state index in [9.17, 15) is 4.39 Å². The molecule has 0 aliphatic heterocycles. The van der Waals surface area contributed by atoms with Crippen molar-refractivity contribution >= 4 is 0 Å². The number of rotatable bonds is 5. The van der Waals surface area contributed by atoms with E-state index < -0.39 is 0 Å². The number of benzene rings is 1. The summed E-state index contributed by atoms with van der Waals surface area (Å²) in [4.78, 5) is 0. The predicted molar refractivity (Wildman–Crippen MR) is 71.1 cm³/mol. The van der Waals surface area contributed by atoms with Crippen LogP contribution < -0.4 is 0 Å². The van der Waals surface area contributed by atoms with Crippen LogP contribution in [0.4, 0.5) is 4.39 Å². The summed E-state index contributed by atoms with van der Waals surface area (Å²) in [6.45, 7) is 0.931. The third kappa shape index (κ3) is 2.84. The average Bonchev–Trinajstić information content (AvgIpc) is 3.08. The van der Waals surface area contributed by atoms with Crippen LogP contribution in [0, 0.1) is 11.7 Å². The van der Waals surface area contributed by atoms with Gasteiger partial charge >= 0.3 is 0 Å². The van der Waals surface area contributed by atoms with Crippen molar-refractivity contribution in [3.05, 3.63) is 42.0 Å². The molecule has 4 heteroatoms. The fourth-order valence-electron chi connectivity index (χ4n) is 2.23. The van der Waals surface area contributed by atoms with E-state index in [4.69, 9.17) is 5.11 Å². The summed E-state index contributed by atoms with van der Waals surface area (Å²) < 4.78 is 15.7. The smallest absolute Gasteiger partial charge is 0.127 e. The van der Waals surface area contributed by atoms with Gasteiger partial charge in [0.05, 0.1) is 6.20 Å². The molecule has 1 N–H and O–H groups in total. The van der Waals surface area contributed by atoms with Gasteiger partial charge in [0.25, 0.3) is 0 Å². The summed E-state index contributed by atoms with van der Waals surface area (Å²) in [6.07, 6.45) is 6.69. The van der Waals surface area contributed by atoms with Crippen LogP contribution in [0.5, 0.6) is 0 Å². The number of aliphatic hydroxyl groups is 1. The summed E-state index contributed by atoms with van der Waals surface area (Å²) in [5.74, 6) is 0.512. The van der Waals surface area contributed by atoms with E-state index in [0.29, 0.717) is 12.0 Å². The molecule has 0 atom stereocenters. The Bertz CT molecular complexity index is 575. The van der Waals surface area contributed by atoms with Crippen LogP contribution in [-0.4, -0.2) is 21.5 Å². The van der Waals surface area contributed by atoms with Crippen LogP contribution in [0.15, 0.2) is 30.6 Å². The first kappa shape index (κ1) is 12.4. The summed E-state index contributed by atoms with van der Waals surface area (Å²) in [5.41, 5.74) is 2.33. The van der Waals surface area contributed by atoms with Gasteiger partial charge in [0.2, 0.25) is 0 Å². The van der Waals surface area contributed by atoms with Crippen molar-refractivity contribution < 1.29 is 9.50 Å². The Kier molecular flexibility index (Phi) is 3.34. The maximum absolute atomic E-state index is 13.8. The van der Waals surface area contributed by atoms with Crippen molar-refractivity contribution in [1.82, 2.24) is 9.78 Å². The maximum Gasteiger partial charge on any atom is 0.127 e. The molecule has 1 aliphatic rings. The van der Waals surface area contributed by atoms with Crippen molar-refractivity contribution in [2.24, 2.45) is 5.92 Å². The Labute approximate surface area is 111 Å². The van der Waals surface area contributed by atoms with E-state index in [1.807, 2.05) is 16.9 Å². The van der Waals surface area contributed by atoms with Gasteiger partial charge in [-0.2, -0.15) is 5.10 Å². The minimum Gasteiger partial charge on any atom is -0.396 e. The summed E-state index contributed by atoms with van der Waals surface area (Å²) in [6, 6.07) is 5.13. The molecule has 0 amide bonds. The Morgan fingerprint density at radius 2 is 2.16 bits per heavy atom. The molecule has 1 aromatic heterocycles. The largest absolute Gasteiger partial charge is 0.396 e. The molecule has 0 radical (unpaired) electrons. The van der Waals surface area contributed by atoms with Crippen molar-refractivity contribution in [2.45, 2.75) is 25.8 Å². The second-order valence-corrected chi connectivity index (χ2v) is 5.17. The topological polar surface area (TPSA) is 38.1 Å². The molecular formula is C15H17FN2O. The highest BCUT2D eigenvalue weighted by molar-refractivity contribution is 5.62. The van der Waals surface area contributed by atoms with Crippen LogP contribution in [0.25, 0.3) is 11.1 Å². The summed E-state index contributed by atoms with van der Waals surface area (Å²) >= 11 is 0. The van der Waals surface area contributed by atoms with E-state index in [2.05, 4.69) is 5.10 Å². The highest BCUT2D eigenvalue weighted by Crippen LogP contribution is 2.31. The second-order valence-electron chi connectivity index (χ2n) is 5.17. The number of nitrogens with zero attached hydrogens (tertiary/aromatic N) is 2. The molecule has 0 spiro atoms. The zero-order valence-electron chi connectivity index (χ0n) is 10.7. The van der Waals surface area contributed by atoms with Gasteiger partial charge < -0.3 is 5.11 Å². The second kappa shape index (κ2) is 5.13. The summed E-state index contributed by atoms with van der Waals surface area (Å²) in [5, 5.41) is 13.2. The molecule has 1 saturated carbocycles. The van der Waals surface area contributed by atoms with E-state index in [1.165, 1.54) is 18.9 Å². The fourth-order valence-corrected chi connectivity index (χ4v) is 2.23. The Hall–Kier alpha value is -1.68. The first-order chi connectivity index (χ1) is 9.26. The third-order valence-electron chi connectivity index (χ3n) is 3.54. The van der Waals surface area contributed by atoms with Gasteiger partial charge in [0.1, 0.15) is 5.82 Å². The lowest BCUT2D eigenvalue weighted by atomic mass is 10.1. The first-order valence-electron chi connectivity index (χ1n) is 6.68. The monoisotopic (exact) mass is 260 g/mol. The first-order valence-corrected chi connectivity index (χ1v) is 6.68. The van der Waals surface area contributed by atoms with Crippen molar-refractivity contribution in [1.29, 1.82) is 0 Å². The van der Waals surface area contributed by atoms with Crippen molar-refractivity contribution in [2.75, 3.05) is 6.61 Å². The van der Waals surface area contributed by atoms with Crippen LogP contribution in [0.2, 0.25) is 0 Å². The molecule has 2 aromatic rings. The van der Waals surface area contributed by atoms with Gasteiger partial charge in [-0.05, 0) is 42.4 Å². The fraction of sp³-hybridized carbons (Fsp3) is 0.400. The minimum atomic E-state index is -0.263. The zero-order valence-corrected chi connectivity index (χ0v) is 10.7. The summed E-state index contributed by atoms with van der Waals surface area (Å²) in [7, 11) is 0. The van der Waals surface area contributed by atoms with Gasteiger partial charge in [-0.15, -0.1) is 0 Å². The molecule has 0 unspecified atom stereocenters. The number of halogens is 1. The number of aromatic nitrogens is 2. The molecule has 1 aromatic carbocycles. The van der Waals surface area contributed by atoms with E-state index in [1.54, 1.807) is 12.3 Å². The molecule has 100 valence electrons. The Morgan fingerprint density at radius 3 is 2.84 bits per heavy atom. The SMILES string of the molecule is OCCc1ccc(-c2cnn(CC3CC3)c2)cc1F. The minimum absolute atomic E-state index is 0.0322. The van der Waals surface area contributed by atoms with Gasteiger partial charge in [0.15, 0.2) is 0 Å². The van der Waals surface area contributed by atoms with Crippen molar-refractivity contribution in [3.63, 3.8) is 0 Å². The Morgan fingerprint density at radius 1 is 1.32 bits per heavy atom. The molecule has 19 heavy (non-hydrogen) atoms. The van der Waals surface area contributed by atoms with Gasteiger partial charge in [-0.25, -0.2) is 4.39 Å². The average molecular weight is 260 g/mol. The van der Waals surface area contributed by atoms with E-state index >= 15 is 0 Å². The highest BCUT2D eigenvalue weighted by Gasteiger charge is 2.22. The van der Waals surface area contributed by atoms with Gasteiger partial charge in [-0.1, -0.05) is 12.1 Å². The number of hydrogen-bond acceptors (Lipinski definition) is 2. The number of hydrogen-bond donors (Lipinski definition) is 1. The molecular weight excluding hydrogens is 243 g/mol.